The molecular weight excluding hydrogens is 328 g/mol. The van der Waals surface area contributed by atoms with Crippen molar-refractivity contribution in [1.29, 1.82) is 0 Å². The van der Waals surface area contributed by atoms with Crippen LogP contribution in [0, 0.1) is 0 Å². The fraction of sp³-hybridized carbons (Fsp3) is 0.176. The van der Waals surface area contributed by atoms with Gasteiger partial charge in [0.1, 0.15) is 0 Å². The number of hydrogen-bond acceptors (Lipinski definition) is 7. The zero-order valence-corrected chi connectivity index (χ0v) is 13.7. The highest BCUT2D eigenvalue weighted by Gasteiger charge is 2.16. The number of thiazole rings is 1. The molecule has 7 heteroatoms. The number of esters is 1. The van der Waals surface area contributed by atoms with Crippen LogP contribution < -0.4 is 14.8 Å². The third kappa shape index (κ3) is 2.74. The average molecular weight is 342 g/mol. The molecule has 1 aliphatic heterocycles. The zero-order valence-electron chi connectivity index (χ0n) is 12.9. The van der Waals surface area contributed by atoms with Crippen LogP contribution in [0.25, 0.3) is 10.2 Å². The molecule has 122 valence electrons. The van der Waals surface area contributed by atoms with Crippen LogP contribution in [0.2, 0.25) is 0 Å². The molecule has 2 heterocycles. The van der Waals surface area contributed by atoms with E-state index in [-0.39, 0.29) is 12.8 Å². The number of ether oxygens (including phenoxy) is 3. The van der Waals surface area contributed by atoms with Crippen LogP contribution >= 0.6 is 11.3 Å². The highest BCUT2D eigenvalue weighted by molar-refractivity contribution is 7.22. The summed E-state index contributed by atoms with van der Waals surface area (Å²) in [5.74, 6) is 1.15. The van der Waals surface area contributed by atoms with E-state index in [0.717, 1.165) is 32.5 Å². The first-order valence-electron chi connectivity index (χ1n) is 7.47. The van der Waals surface area contributed by atoms with Crippen molar-refractivity contribution in [1.82, 2.24) is 4.98 Å². The van der Waals surface area contributed by atoms with E-state index in [1.165, 1.54) is 11.3 Å². The second-order valence-corrected chi connectivity index (χ2v) is 6.15. The molecule has 1 aromatic heterocycles. The van der Waals surface area contributed by atoms with Gasteiger partial charge in [-0.25, -0.2) is 9.78 Å². The van der Waals surface area contributed by atoms with Crippen LogP contribution in [-0.4, -0.2) is 24.4 Å². The molecule has 4 rings (SSSR count). The monoisotopic (exact) mass is 342 g/mol. The molecule has 0 aliphatic carbocycles. The van der Waals surface area contributed by atoms with E-state index in [1.54, 1.807) is 19.1 Å². The van der Waals surface area contributed by atoms with Gasteiger partial charge in [0.15, 0.2) is 16.6 Å². The van der Waals surface area contributed by atoms with Crippen LogP contribution in [0.1, 0.15) is 17.3 Å². The van der Waals surface area contributed by atoms with E-state index in [2.05, 4.69) is 10.3 Å². The quantitative estimate of drug-likeness (QED) is 0.724. The van der Waals surface area contributed by atoms with Gasteiger partial charge >= 0.3 is 5.97 Å². The largest absolute Gasteiger partial charge is 0.462 e. The summed E-state index contributed by atoms with van der Waals surface area (Å²) in [5, 5.41) is 4.00. The van der Waals surface area contributed by atoms with Gasteiger partial charge in [-0.3, -0.25) is 0 Å². The number of hydrogen-bond donors (Lipinski definition) is 1. The molecule has 6 nitrogen and oxygen atoms in total. The topological polar surface area (TPSA) is 69.7 Å². The van der Waals surface area contributed by atoms with Crippen molar-refractivity contribution in [3.63, 3.8) is 0 Å². The number of nitrogens with zero attached hydrogens (tertiary/aromatic N) is 1. The van der Waals surface area contributed by atoms with Crippen LogP contribution in [0.15, 0.2) is 36.4 Å². The Bertz CT molecular complexity index is 864. The van der Waals surface area contributed by atoms with Crippen LogP contribution in [0.5, 0.6) is 11.5 Å². The van der Waals surface area contributed by atoms with Gasteiger partial charge in [0.25, 0.3) is 0 Å². The van der Waals surface area contributed by atoms with Gasteiger partial charge in [-0.05, 0) is 31.2 Å². The molecule has 0 unspecified atom stereocenters. The summed E-state index contributed by atoms with van der Waals surface area (Å²) in [4.78, 5) is 16.2. The Balaban J connectivity index is 1.54. The number of nitrogens with one attached hydrogen (secondary N) is 1. The lowest BCUT2D eigenvalue weighted by molar-refractivity contribution is 0.0526. The van der Waals surface area contributed by atoms with Gasteiger partial charge in [0.05, 0.1) is 22.4 Å². The lowest BCUT2D eigenvalue weighted by Crippen LogP contribution is -2.04. The minimum Gasteiger partial charge on any atom is -0.462 e. The second kappa shape index (κ2) is 6.01. The van der Waals surface area contributed by atoms with E-state index < -0.39 is 0 Å². The Morgan fingerprint density at radius 1 is 1.25 bits per heavy atom. The van der Waals surface area contributed by atoms with Crippen molar-refractivity contribution >= 4 is 38.3 Å². The summed E-state index contributed by atoms with van der Waals surface area (Å²) < 4.78 is 16.7. The van der Waals surface area contributed by atoms with E-state index in [0.29, 0.717) is 12.2 Å². The smallest absolute Gasteiger partial charge is 0.338 e. The molecule has 3 aromatic rings. The maximum atomic E-state index is 11.7. The molecule has 0 atom stereocenters. The van der Waals surface area contributed by atoms with E-state index in [4.69, 9.17) is 14.2 Å². The van der Waals surface area contributed by atoms with Crippen molar-refractivity contribution in [2.75, 3.05) is 18.7 Å². The molecule has 1 aliphatic rings. The summed E-state index contributed by atoms with van der Waals surface area (Å²) in [6.07, 6.45) is 0. The second-order valence-electron chi connectivity index (χ2n) is 5.12. The van der Waals surface area contributed by atoms with Crippen LogP contribution in [-0.2, 0) is 4.74 Å². The standard InChI is InChI=1S/C17H14N2O4S/c1-2-21-16(20)10-3-5-11(6-4-10)18-17-19-12-7-13-14(23-9-22-13)8-15(12)24-17/h3-8H,2,9H2,1H3,(H,18,19). The van der Waals surface area contributed by atoms with Crippen LogP contribution in [0.4, 0.5) is 10.8 Å². The summed E-state index contributed by atoms with van der Waals surface area (Å²) >= 11 is 1.53. The molecule has 2 aromatic carbocycles. The lowest BCUT2D eigenvalue weighted by Gasteiger charge is -2.04. The zero-order chi connectivity index (χ0) is 16.5. The van der Waals surface area contributed by atoms with Gasteiger partial charge in [0, 0.05) is 17.8 Å². The number of benzene rings is 2. The van der Waals surface area contributed by atoms with Gasteiger partial charge in [0.2, 0.25) is 6.79 Å². The third-order valence-electron chi connectivity index (χ3n) is 3.53. The minimum absolute atomic E-state index is 0.254. The van der Waals surface area contributed by atoms with Gasteiger partial charge in [-0.15, -0.1) is 0 Å². The highest BCUT2D eigenvalue weighted by Crippen LogP contribution is 2.39. The number of fused-ring (bicyclic) bond motifs is 2. The van der Waals surface area contributed by atoms with E-state index in [9.17, 15) is 4.79 Å². The number of carbonyl (C=O) groups is 1. The molecule has 0 fully saturated rings. The molecular formula is C17H14N2O4S. The Labute approximate surface area is 142 Å². The van der Waals surface area contributed by atoms with Crippen molar-refractivity contribution in [3.8, 4) is 11.5 Å². The summed E-state index contributed by atoms with van der Waals surface area (Å²) in [6.45, 7) is 2.40. The fourth-order valence-electron chi connectivity index (χ4n) is 2.40. The third-order valence-corrected chi connectivity index (χ3v) is 4.46. The maximum absolute atomic E-state index is 11.7. The fourth-order valence-corrected chi connectivity index (χ4v) is 3.30. The lowest BCUT2D eigenvalue weighted by atomic mass is 10.2. The molecule has 0 radical (unpaired) electrons. The SMILES string of the molecule is CCOC(=O)c1ccc(Nc2nc3cc4c(cc3s2)OCO4)cc1. The average Bonchev–Trinajstić information content (AvgIpc) is 3.18. The van der Waals surface area contributed by atoms with E-state index >= 15 is 0 Å². The van der Waals surface area contributed by atoms with Gasteiger partial charge in [-0.2, -0.15) is 0 Å². The molecule has 0 amide bonds. The molecule has 0 saturated carbocycles. The van der Waals surface area contributed by atoms with Crippen molar-refractivity contribution < 1.29 is 19.0 Å². The Morgan fingerprint density at radius 3 is 2.75 bits per heavy atom. The number of rotatable bonds is 4. The van der Waals surface area contributed by atoms with Crippen molar-refractivity contribution in [2.45, 2.75) is 6.92 Å². The molecule has 0 spiro atoms. The number of aromatic nitrogens is 1. The molecule has 0 bridgehead atoms. The molecule has 24 heavy (non-hydrogen) atoms. The summed E-state index contributed by atoms with van der Waals surface area (Å²) in [6, 6.07) is 10.9. The summed E-state index contributed by atoms with van der Waals surface area (Å²) in [5.41, 5.74) is 2.23. The first-order valence-corrected chi connectivity index (χ1v) is 8.29. The predicted octanol–water partition coefficient (Wildman–Crippen LogP) is 3.95. The van der Waals surface area contributed by atoms with Crippen molar-refractivity contribution in [2.24, 2.45) is 0 Å². The normalized spacial score (nSPS) is 12.4. The number of anilines is 2. The van der Waals surface area contributed by atoms with Crippen LogP contribution in [0.3, 0.4) is 0 Å². The highest BCUT2D eigenvalue weighted by atomic mass is 32.1. The Morgan fingerprint density at radius 2 is 2.00 bits per heavy atom. The maximum Gasteiger partial charge on any atom is 0.338 e. The Kier molecular flexibility index (Phi) is 3.70. The van der Waals surface area contributed by atoms with Crippen molar-refractivity contribution in [3.05, 3.63) is 42.0 Å². The first kappa shape index (κ1) is 14.8. The minimum atomic E-state index is -0.321. The Hall–Kier alpha value is -2.80. The van der Waals surface area contributed by atoms with E-state index in [1.807, 2.05) is 24.3 Å². The predicted molar refractivity (Wildman–Crippen MR) is 91.4 cm³/mol. The molecule has 1 N–H and O–H groups in total. The first-order chi connectivity index (χ1) is 11.7. The molecule has 0 saturated heterocycles. The summed E-state index contributed by atoms with van der Waals surface area (Å²) in [7, 11) is 0. The van der Waals surface area contributed by atoms with Gasteiger partial charge in [-0.1, -0.05) is 11.3 Å². The number of carbonyl (C=O) groups excluding carboxylic acids is 1. The van der Waals surface area contributed by atoms with Gasteiger partial charge < -0.3 is 19.5 Å².